The predicted molar refractivity (Wildman–Crippen MR) is 73.7 cm³/mol. The Labute approximate surface area is 120 Å². The number of aromatic nitrogens is 1. The summed E-state index contributed by atoms with van der Waals surface area (Å²) >= 11 is 0. The zero-order chi connectivity index (χ0) is 15.0. The Morgan fingerprint density at radius 1 is 1.24 bits per heavy atom. The SMILES string of the molecule is COC1=C(C=C2C(=O)NC(=O)C2=O)CC(c2ccc[nH]2)=C1. The van der Waals surface area contributed by atoms with Crippen LogP contribution in [0, 0.1) is 0 Å². The summed E-state index contributed by atoms with van der Waals surface area (Å²) in [6, 6.07) is 3.80. The number of methoxy groups -OCH3 is 1. The van der Waals surface area contributed by atoms with Gasteiger partial charge in [-0.25, -0.2) is 0 Å². The first-order valence-corrected chi connectivity index (χ1v) is 6.33. The van der Waals surface area contributed by atoms with Crippen molar-refractivity contribution in [3.63, 3.8) is 0 Å². The van der Waals surface area contributed by atoms with Gasteiger partial charge in [-0.1, -0.05) is 0 Å². The summed E-state index contributed by atoms with van der Waals surface area (Å²) in [5.41, 5.74) is 2.47. The second-order valence-corrected chi connectivity index (χ2v) is 4.69. The smallest absolute Gasteiger partial charge is 0.299 e. The largest absolute Gasteiger partial charge is 0.496 e. The van der Waals surface area contributed by atoms with Crippen LogP contribution in [0.15, 0.2) is 47.4 Å². The van der Waals surface area contributed by atoms with Crippen LogP contribution < -0.4 is 5.32 Å². The van der Waals surface area contributed by atoms with E-state index in [1.165, 1.54) is 13.2 Å². The van der Waals surface area contributed by atoms with Gasteiger partial charge in [0.2, 0.25) is 0 Å². The fourth-order valence-corrected chi connectivity index (χ4v) is 2.37. The van der Waals surface area contributed by atoms with E-state index in [4.69, 9.17) is 4.74 Å². The maximum atomic E-state index is 11.6. The lowest BCUT2D eigenvalue weighted by atomic mass is 10.0. The molecule has 6 nitrogen and oxygen atoms in total. The quantitative estimate of drug-likeness (QED) is 0.373. The average molecular weight is 284 g/mol. The van der Waals surface area contributed by atoms with E-state index in [0.29, 0.717) is 17.8 Å². The molecule has 2 N–H and O–H groups in total. The molecule has 106 valence electrons. The Morgan fingerprint density at radius 3 is 2.62 bits per heavy atom. The summed E-state index contributed by atoms with van der Waals surface area (Å²) in [5.74, 6) is -1.79. The lowest BCUT2D eigenvalue weighted by Gasteiger charge is -2.01. The summed E-state index contributed by atoms with van der Waals surface area (Å²) < 4.78 is 5.28. The molecule has 1 saturated heterocycles. The van der Waals surface area contributed by atoms with Crippen molar-refractivity contribution in [3.8, 4) is 0 Å². The van der Waals surface area contributed by atoms with Crippen LogP contribution in [-0.2, 0) is 19.1 Å². The molecule has 0 atom stereocenters. The van der Waals surface area contributed by atoms with E-state index in [1.807, 2.05) is 29.7 Å². The van der Waals surface area contributed by atoms with Crippen LogP contribution in [0.4, 0.5) is 0 Å². The average Bonchev–Trinajstić information content (AvgIpc) is 3.16. The van der Waals surface area contributed by atoms with E-state index in [9.17, 15) is 14.4 Å². The van der Waals surface area contributed by atoms with E-state index in [1.54, 1.807) is 0 Å². The number of allylic oxidation sites excluding steroid dienone is 4. The summed E-state index contributed by atoms with van der Waals surface area (Å²) in [7, 11) is 1.52. The molecule has 1 aromatic heterocycles. The molecule has 1 aliphatic carbocycles. The number of carbonyl (C=O) groups is 3. The van der Waals surface area contributed by atoms with Gasteiger partial charge in [0.25, 0.3) is 17.6 Å². The van der Waals surface area contributed by atoms with Gasteiger partial charge in [-0.15, -0.1) is 0 Å². The van der Waals surface area contributed by atoms with Crippen LogP contribution >= 0.6 is 0 Å². The van der Waals surface area contributed by atoms with Crippen LogP contribution in [0.3, 0.4) is 0 Å². The van der Waals surface area contributed by atoms with Crippen molar-refractivity contribution in [1.82, 2.24) is 10.3 Å². The molecular formula is C15H12N2O4. The van der Waals surface area contributed by atoms with Gasteiger partial charge in [0.1, 0.15) is 5.76 Å². The summed E-state index contributed by atoms with van der Waals surface area (Å²) in [6.07, 6.45) is 5.60. The second-order valence-electron chi connectivity index (χ2n) is 4.69. The molecule has 0 aromatic carbocycles. The molecule has 21 heavy (non-hydrogen) atoms. The number of imide groups is 1. The van der Waals surface area contributed by atoms with Crippen molar-refractivity contribution in [3.05, 3.63) is 53.1 Å². The number of H-pyrrole nitrogens is 1. The molecule has 2 amide bonds. The third-order valence-corrected chi connectivity index (χ3v) is 3.41. The molecule has 2 aliphatic rings. The molecule has 3 rings (SSSR count). The van der Waals surface area contributed by atoms with Crippen molar-refractivity contribution < 1.29 is 19.1 Å². The minimum absolute atomic E-state index is 0.148. The number of Topliss-reactive ketones (excluding diaryl/α,β-unsaturated/α-hetero) is 1. The minimum atomic E-state index is -0.888. The van der Waals surface area contributed by atoms with Gasteiger partial charge in [0, 0.05) is 18.3 Å². The first kappa shape index (κ1) is 13.1. The number of ether oxygens (including phenoxy) is 1. The van der Waals surface area contributed by atoms with Gasteiger partial charge in [-0.2, -0.15) is 0 Å². The van der Waals surface area contributed by atoms with Gasteiger partial charge in [0.05, 0.1) is 12.7 Å². The van der Waals surface area contributed by atoms with Crippen LogP contribution in [0.5, 0.6) is 0 Å². The zero-order valence-corrected chi connectivity index (χ0v) is 11.2. The third kappa shape index (κ3) is 2.20. The Bertz CT molecular complexity index is 736. The highest BCUT2D eigenvalue weighted by Crippen LogP contribution is 2.33. The molecule has 0 saturated carbocycles. The van der Waals surface area contributed by atoms with Crippen molar-refractivity contribution in [1.29, 1.82) is 0 Å². The number of rotatable bonds is 3. The highest BCUT2D eigenvalue weighted by molar-refractivity contribution is 6.56. The fourth-order valence-electron chi connectivity index (χ4n) is 2.37. The number of aromatic amines is 1. The molecule has 6 heteroatoms. The van der Waals surface area contributed by atoms with Crippen molar-refractivity contribution in [2.75, 3.05) is 7.11 Å². The number of carbonyl (C=O) groups excluding carboxylic acids is 3. The number of amides is 2. The maximum Gasteiger partial charge on any atom is 0.299 e. The van der Waals surface area contributed by atoms with E-state index >= 15 is 0 Å². The van der Waals surface area contributed by atoms with E-state index in [-0.39, 0.29) is 5.57 Å². The monoisotopic (exact) mass is 284 g/mol. The number of hydrogen-bond acceptors (Lipinski definition) is 4. The number of nitrogens with one attached hydrogen (secondary N) is 2. The van der Waals surface area contributed by atoms with E-state index in [0.717, 1.165) is 11.3 Å². The molecule has 0 bridgehead atoms. The Kier molecular flexibility index (Phi) is 3.06. The van der Waals surface area contributed by atoms with Gasteiger partial charge in [0.15, 0.2) is 0 Å². The predicted octanol–water partition coefficient (Wildman–Crippen LogP) is 0.854. The van der Waals surface area contributed by atoms with Crippen molar-refractivity contribution in [2.45, 2.75) is 6.42 Å². The van der Waals surface area contributed by atoms with Crippen molar-refractivity contribution in [2.24, 2.45) is 0 Å². The number of hydrogen-bond donors (Lipinski definition) is 2. The molecular weight excluding hydrogens is 272 g/mol. The number of ketones is 1. The third-order valence-electron chi connectivity index (χ3n) is 3.41. The Morgan fingerprint density at radius 2 is 2.05 bits per heavy atom. The molecule has 0 radical (unpaired) electrons. The summed E-state index contributed by atoms with van der Waals surface area (Å²) in [5, 5.41) is 1.98. The van der Waals surface area contributed by atoms with E-state index < -0.39 is 17.6 Å². The fraction of sp³-hybridized carbons (Fsp3) is 0.133. The molecule has 1 aromatic rings. The lowest BCUT2D eigenvalue weighted by Crippen LogP contribution is -2.21. The Balaban J connectivity index is 1.92. The van der Waals surface area contributed by atoms with Crippen molar-refractivity contribution >= 4 is 23.2 Å². The van der Waals surface area contributed by atoms with Gasteiger partial charge in [-0.05, 0) is 35.4 Å². The van der Waals surface area contributed by atoms with Crippen LogP contribution in [0.1, 0.15) is 12.1 Å². The summed E-state index contributed by atoms with van der Waals surface area (Å²) in [4.78, 5) is 37.5. The molecule has 1 aliphatic heterocycles. The van der Waals surface area contributed by atoms with Gasteiger partial charge >= 0.3 is 0 Å². The van der Waals surface area contributed by atoms with E-state index in [2.05, 4.69) is 4.98 Å². The Hall–Kier alpha value is -2.89. The summed E-state index contributed by atoms with van der Waals surface area (Å²) in [6.45, 7) is 0. The standard InChI is InChI=1S/C15H12N2O4/c1-21-12-7-8(11-3-2-4-16-11)5-9(12)6-10-13(18)15(20)17-14(10)19/h2-4,6-7,16H,5H2,1H3,(H,17,19,20). The van der Waals surface area contributed by atoms with Crippen LogP contribution in [0.25, 0.3) is 5.57 Å². The molecule has 1 fully saturated rings. The van der Waals surface area contributed by atoms with Crippen LogP contribution in [-0.4, -0.2) is 29.7 Å². The molecule has 2 heterocycles. The molecule has 0 unspecified atom stereocenters. The first-order valence-electron chi connectivity index (χ1n) is 6.33. The van der Waals surface area contributed by atoms with Gasteiger partial charge in [-0.3, -0.25) is 19.7 Å². The highest BCUT2D eigenvalue weighted by Gasteiger charge is 2.35. The zero-order valence-electron chi connectivity index (χ0n) is 11.2. The highest BCUT2D eigenvalue weighted by atomic mass is 16.5. The van der Waals surface area contributed by atoms with Gasteiger partial charge < -0.3 is 9.72 Å². The first-order chi connectivity index (χ1) is 10.1. The van der Waals surface area contributed by atoms with Crippen LogP contribution in [0.2, 0.25) is 0 Å². The lowest BCUT2D eigenvalue weighted by molar-refractivity contribution is -0.134. The minimum Gasteiger partial charge on any atom is -0.496 e. The molecule has 0 spiro atoms. The second kappa shape index (κ2) is 4.90. The maximum absolute atomic E-state index is 11.6. The topological polar surface area (TPSA) is 88.3 Å². The normalized spacial score (nSPS) is 20.3.